The van der Waals surface area contributed by atoms with Crippen LogP contribution in [0, 0.1) is 0 Å². The summed E-state index contributed by atoms with van der Waals surface area (Å²) in [5, 5.41) is 0. The Labute approximate surface area is 200 Å². The van der Waals surface area contributed by atoms with Crippen LogP contribution in [-0.2, 0) is 19.6 Å². The minimum absolute atomic E-state index is 0.115. The van der Waals surface area contributed by atoms with Gasteiger partial charge < -0.3 is 14.4 Å². The van der Waals surface area contributed by atoms with E-state index >= 15 is 0 Å². The van der Waals surface area contributed by atoms with Crippen LogP contribution in [0.2, 0.25) is 0 Å². The van der Waals surface area contributed by atoms with Crippen molar-refractivity contribution in [1.82, 2.24) is 9.62 Å². The third-order valence-corrected chi connectivity index (χ3v) is 7.10. The lowest BCUT2D eigenvalue weighted by molar-refractivity contribution is -0.142. The van der Waals surface area contributed by atoms with Gasteiger partial charge in [-0.25, -0.2) is 8.42 Å². The van der Waals surface area contributed by atoms with E-state index in [0.717, 1.165) is 11.1 Å². The van der Waals surface area contributed by atoms with E-state index in [9.17, 15) is 13.2 Å². The first kappa shape index (κ1) is 23.9. The standard InChI is InChI=1S/C26H28N2O5S/c1-20(26(29)28-16-18-32-19-17-28)33-23-12-14-24(15-13-23)34(30,31)27-25(21-8-4-2-5-9-21)22-10-6-3-7-11-22/h2-15,20,25,27H,16-19H2,1H3/t20-/m0/s1. The SMILES string of the molecule is C[C@H](Oc1ccc(S(=O)(=O)NC(c2ccccc2)c2ccccc2)cc1)C(=O)N1CCOCC1. The maximum atomic E-state index is 13.2. The number of morpholine rings is 1. The number of nitrogens with one attached hydrogen (secondary N) is 1. The van der Waals surface area contributed by atoms with Gasteiger partial charge in [0.1, 0.15) is 5.75 Å². The molecule has 1 fully saturated rings. The lowest BCUT2D eigenvalue weighted by Gasteiger charge is -2.29. The van der Waals surface area contributed by atoms with Crippen molar-refractivity contribution in [3.8, 4) is 5.75 Å². The van der Waals surface area contributed by atoms with Crippen LogP contribution in [0.4, 0.5) is 0 Å². The molecule has 8 heteroatoms. The number of hydrogen-bond acceptors (Lipinski definition) is 5. The zero-order chi connectivity index (χ0) is 24.0. The van der Waals surface area contributed by atoms with Crippen LogP contribution in [0.25, 0.3) is 0 Å². The Hall–Kier alpha value is -3.20. The number of rotatable bonds is 8. The number of carbonyl (C=O) groups is 1. The van der Waals surface area contributed by atoms with Gasteiger partial charge in [-0.3, -0.25) is 4.79 Å². The number of hydrogen-bond donors (Lipinski definition) is 1. The summed E-state index contributed by atoms with van der Waals surface area (Å²) in [4.78, 5) is 14.4. The predicted molar refractivity (Wildman–Crippen MR) is 129 cm³/mol. The van der Waals surface area contributed by atoms with Gasteiger partial charge in [0, 0.05) is 13.1 Å². The van der Waals surface area contributed by atoms with Crippen LogP contribution >= 0.6 is 0 Å². The lowest BCUT2D eigenvalue weighted by atomic mass is 10.00. The molecule has 3 aromatic rings. The Kier molecular flexibility index (Phi) is 7.62. The van der Waals surface area contributed by atoms with Crippen molar-refractivity contribution >= 4 is 15.9 Å². The van der Waals surface area contributed by atoms with E-state index in [2.05, 4.69) is 4.72 Å². The molecule has 0 radical (unpaired) electrons. The molecule has 0 aliphatic carbocycles. The summed E-state index contributed by atoms with van der Waals surface area (Å²) in [6, 6.07) is 24.4. The number of ether oxygens (including phenoxy) is 2. The number of benzene rings is 3. The average molecular weight is 481 g/mol. The molecule has 3 aromatic carbocycles. The van der Waals surface area contributed by atoms with Crippen LogP contribution in [0.5, 0.6) is 5.75 Å². The Morgan fingerprint density at radius 3 is 1.94 bits per heavy atom. The summed E-state index contributed by atoms with van der Waals surface area (Å²) >= 11 is 0. The first-order chi connectivity index (χ1) is 16.4. The van der Waals surface area contributed by atoms with Crippen LogP contribution in [0.3, 0.4) is 0 Å². The number of amides is 1. The second-order valence-electron chi connectivity index (χ2n) is 8.04. The molecular weight excluding hydrogens is 452 g/mol. The Morgan fingerprint density at radius 2 is 1.41 bits per heavy atom. The largest absolute Gasteiger partial charge is 0.481 e. The number of nitrogens with zero attached hydrogens (tertiary/aromatic N) is 1. The quantitative estimate of drug-likeness (QED) is 0.534. The van der Waals surface area contributed by atoms with E-state index in [1.165, 1.54) is 12.1 Å². The molecule has 1 aliphatic rings. The molecule has 1 saturated heterocycles. The van der Waals surface area contributed by atoms with E-state index in [4.69, 9.17) is 9.47 Å². The van der Waals surface area contributed by atoms with Crippen LogP contribution < -0.4 is 9.46 Å². The van der Waals surface area contributed by atoms with E-state index < -0.39 is 22.2 Å². The summed E-state index contributed by atoms with van der Waals surface area (Å²) in [5.74, 6) is 0.311. The summed E-state index contributed by atoms with van der Waals surface area (Å²) < 4.78 is 40.3. The maximum absolute atomic E-state index is 13.2. The van der Waals surface area contributed by atoms with E-state index in [0.29, 0.717) is 32.1 Å². The summed E-state index contributed by atoms with van der Waals surface area (Å²) in [5.41, 5.74) is 1.68. The van der Waals surface area contributed by atoms with Crippen LogP contribution in [-0.4, -0.2) is 51.6 Å². The van der Waals surface area contributed by atoms with Gasteiger partial charge in [0.15, 0.2) is 6.10 Å². The third-order valence-electron chi connectivity index (χ3n) is 5.66. The second kappa shape index (κ2) is 10.8. The molecule has 1 heterocycles. The number of carbonyl (C=O) groups excluding carboxylic acids is 1. The van der Waals surface area contributed by atoms with Gasteiger partial charge in [-0.15, -0.1) is 0 Å². The van der Waals surface area contributed by atoms with Crippen LogP contribution in [0.1, 0.15) is 24.1 Å². The highest BCUT2D eigenvalue weighted by Gasteiger charge is 2.25. The van der Waals surface area contributed by atoms with Crippen LogP contribution in [0.15, 0.2) is 89.8 Å². The first-order valence-electron chi connectivity index (χ1n) is 11.2. The Balaban J connectivity index is 1.48. The summed E-state index contributed by atoms with van der Waals surface area (Å²) in [6.07, 6.45) is -0.681. The normalized spacial score (nSPS) is 15.2. The number of sulfonamides is 1. The zero-order valence-electron chi connectivity index (χ0n) is 19.0. The van der Waals surface area contributed by atoms with Crippen molar-refractivity contribution in [2.75, 3.05) is 26.3 Å². The Bertz CT molecular complexity index is 1140. The predicted octanol–water partition coefficient (Wildman–Crippen LogP) is 3.38. The van der Waals surface area contributed by atoms with E-state index in [-0.39, 0.29) is 10.8 Å². The monoisotopic (exact) mass is 480 g/mol. The summed E-state index contributed by atoms with van der Waals surface area (Å²) in [6.45, 7) is 3.81. The van der Waals surface area contributed by atoms with Gasteiger partial charge in [0.25, 0.3) is 5.91 Å². The van der Waals surface area contributed by atoms with E-state index in [1.54, 1.807) is 24.0 Å². The fourth-order valence-corrected chi connectivity index (χ4v) is 5.05. The van der Waals surface area contributed by atoms with Gasteiger partial charge in [-0.2, -0.15) is 4.72 Å². The minimum atomic E-state index is -3.83. The van der Waals surface area contributed by atoms with Gasteiger partial charge >= 0.3 is 0 Å². The first-order valence-corrected chi connectivity index (χ1v) is 12.7. The molecule has 7 nitrogen and oxygen atoms in total. The van der Waals surface area contributed by atoms with Crippen molar-refractivity contribution in [1.29, 1.82) is 0 Å². The van der Waals surface area contributed by atoms with Gasteiger partial charge in [0.05, 0.1) is 24.2 Å². The van der Waals surface area contributed by atoms with Gasteiger partial charge in [0.2, 0.25) is 10.0 Å². The lowest BCUT2D eigenvalue weighted by Crippen LogP contribution is -2.46. The molecule has 34 heavy (non-hydrogen) atoms. The molecule has 0 bridgehead atoms. The summed E-state index contributed by atoms with van der Waals surface area (Å²) in [7, 11) is -3.83. The van der Waals surface area contributed by atoms with Crippen molar-refractivity contribution in [3.05, 3.63) is 96.1 Å². The molecule has 178 valence electrons. The highest BCUT2D eigenvalue weighted by molar-refractivity contribution is 7.89. The van der Waals surface area contributed by atoms with Crippen molar-refractivity contribution in [3.63, 3.8) is 0 Å². The molecule has 0 spiro atoms. The Morgan fingerprint density at radius 1 is 0.882 bits per heavy atom. The van der Waals surface area contributed by atoms with Gasteiger partial charge in [-0.1, -0.05) is 60.7 Å². The molecule has 1 atom stereocenters. The average Bonchev–Trinajstić information content (AvgIpc) is 2.88. The molecule has 1 aliphatic heterocycles. The molecule has 1 N–H and O–H groups in total. The topological polar surface area (TPSA) is 84.9 Å². The molecular formula is C26H28N2O5S. The fraction of sp³-hybridized carbons (Fsp3) is 0.269. The van der Waals surface area contributed by atoms with Crippen molar-refractivity contribution < 1.29 is 22.7 Å². The smallest absolute Gasteiger partial charge is 0.263 e. The molecule has 0 aromatic heterocycles. The minimum Gasteiger partial charge on any atom is -0.481 e. The van der Waals surface area contributed by atoms with Crippen molar-refractivity contribution in [2.45, 2.75) is 24.0 Å². The highest BCUT2D eigenvalue weighted by atomic mass is 32.2. The maximum Gasteiger partial charge on any atom is 0.263 e. The molecule has 1 amide bonds. The highest BCUT2D eigenvalue weighted by Crippen LogP contribution is 2.25. The van der Waals surface area contributed by atoms with Crippen molar-refractivity contribution in [2.24, 2.45) is 0 Å². The fourth-order valence-electron chi connectivity index (χ4n) is 3.84. The molecule has 0 saturated carbocycles. The van der Waals surface area contributed by atoms with Gasteiger partial charge in [-0.05, 0) is 42.3 Å². The third kappa shape index (κ3) is 5.83. The zero-order valence-corrected chi connectivity index (χ0v) is 19.8. The second-order valence-corrected chi connectivity index (χ2v) is 9.76. The molecule has 0 unspecified atom stereocenters. The van der Waals surface area contributed by atoms with E-state index in [1.807, 2.05) is 60.7 Å². The molecule has 4 rings (SSSR count).